The van der Waals surface area contributed by atoms with E-state index in [1.54, 1.807) is 20.8 Å². The number of alkyl carbamates (subject to hydrolysis) is 1. The Kier molecular flexibility index (Phi) is 13.4. The molecule has 0 unspecified atom stereocenters. The third kappa shape index (κ3) is 13.0. The van der Waals surface area contributed by atoms with E-state index in [4.69, 9.17) is 4.74 Å². The molecule has 12 heteroatoms. The third-order valence-electron chi connectivity index (χ3n) is 4.61. The molecule has 200 valence electrons. The highest BCUT2D eigenvalue weighted by atomic mass is 32.1. The van der Waals surface area contributed by atoms with Crippen LogP contribution in [0.2, 0.25) is 0 Å². The Morgan fingerprint density at radius 2 is 1.44 bits per heavy atom. The van der Waals surface area contributed by atoms with Crippen molar-refractivity contribution in [1.29, 1.82) is 0 Å². The molecule has 0 saturated heterocycles. The van der Waals surface area contributed by atoms with Gasteiger partial charge in [0.25, 0.3) is 0 Å². The summed E-state index contributed by atoms with van der Waals surface area (Å²) in [5.74, 6) is -1.92. The first kappa shape index (κ1) is 30.8. The molecule has 0 saturated carbocycles. The highest BCUT2D eigenvalue weighted by molar-refractivity contribution is 7.80. The molecule has 11 nitrogen and oxygen atoms in total. The average Bonchev–Trinajstić information content (AvgIpc) is 2.81. The molecule has 1 rings (SSSR count). The summed E-state index contributed by atoms with van der Waals surface area (Å²) in [6, 6.07) is 7.35. The second kappa shape index (κ2) is 15.7. The predicted octanol–water partition coefficient (Wildman–Crippen LogP) is 0.723. The summed E-state index contributed by atoms with van der Waals surface area (Å²) in [6.45, 7) is 5.22. The van der Waals surface area contributed by atoms with Gasteiger partial charge in [-0.2, -0.15) is 12.6 Å². The minimum Gasteiger partial charge on any atom is -0.467 e. The molecule has 2 atom stereocenters. The van der Waals surface area contributed by atoms with E-state index in [9.17, 15) is 24.0 Å². The smallest absolute Gasteiger partial charge is 0.407 e. The Morgan fingerprint density at radius 3 is 1.97 bits per heavy atom. The summed E-state index contributed by atoms with van der Waals surface area (Å²) in [4.78, 5) is 60.6. The number of ether oxygens (including phenoxy) is 2. The van der Waals surface area contributed by atoms with Gasteiger partial charge in [-0.15, -0.1) is 0 Å². The van der Waals surface area contributed by atoms with Crippen LogP contribution in [0, 0.1) is 0 Å². The van der Waals surface area contributed by atoms with E-state index >= 15 is 0 Å². The summed E-state index contributed by atoms with van der Waals surface area (Å²) >= 11 is 4.01. The maximum atomic E-state index is 12.8. The Labute approximate surface area is 216 Å². The molecule has 0 aliphatic rings. The van der Waals surface area contributed by atoms with Crippen LogP contribution in [0.3, 0.4) is 0 Å². The van der Waals surface area contributed by atoms with Gasteiger partial charge in [0.05, 0.1) is 7.11 Å². The molecule has 0 aliphatic heterocycles. The first-order valence-electron chi connectivity index (χ1n) is 11.5. The van der Waals surface area contributed by atoms with E-state index in [-0.39, 0.29) is 38.1 Å². The molecule has 0 aliphatic carbocycles. The minimum absolute atomic E-state index is 0.00745. The summed E-state index contributed by atoms with van der Waals surface area (Å²) in [7, 11) is 1.21. The Morgan fingerprint density at radius 1 is 0.889 bits per heavy atom. The van der Waals surface area contributed by atoms with Gasteiger partial charge < -0.3 is 30.7 Å². The maximum Gasteiger partial charge on any atom is 0.407 e. The van der Waals surface area contributed by atoms with Crippen molar-refractivity contribution >= 4 is 42.4 Å². The number of nitrogens with one attached hydrogen (secondary N) is 4. The lowest BCUT2D eigenvalue weighted by Crippen LogP contribution is -2.49. The van der Waals surface area contributed by atoms with Crippen molar-refractivity contribution in [3.8, 4) is 0 Å². The van der Waals surface area contributed by atoms with Crippen LogP contribution in [-0.2, 0) is 35.1 Å². The second-order valence-electron chi connectivity index (χ2n) is 8.86. The lowest BCUT2D eigenvalue weighted by molar-refractivity contribution is -0.144. The van der Waals surface area contributed by atoms with Crippen molar-refractivity contribution in [2.45, 2.75) is 57.7 Å². The standard InChI is InChI=1S/C24H36N4O7S/c1-24(2,3)35-23(33)26-13-11-19(29)27-17(14-16-8-6-5-7-9-16)21(31)25-12-10-20(30)28-18(15-36)22(32)34-4/h5-9,17-18,36H,10-15H2,1-4H3,(H,25,31)(H,26,33)(H,27,29)(H,28,30)/t17-,18-/m0/s1. The quantitative estimate of drug-likeness (QED) is 0.188. The van der Waals surface area contributed by atoms with Crippen molar-refractivity contribution in [2.24, 2.45) is 0 Å². The van der Waals surface area contributed by atoms with Gasteiger partial charge in [-0.05, 0) is 26.3 Å². The van der Waals surface area contributed by atoms with Crippen LogP contribution in [0.25, 0.3) is 0 Å². The zero-order chi connectivity index (χ0) is 27.1. The van der Waals surface area contributed by atoms with Gasteiger partial charge in [0.2, 0.25) is 17.7 Å². The number of carbonyl (C=O) groups is 5. The van der Waals surface area contributed by atoms with Gasteiger partial charge in [-0.25, -0.2) is 9.59 Å². The number of amides is 4. The van der Waals surface area contributed by atoms with Gasteiger partial charge in [-0.1, -0.05) is 30.3 Å². The van der Waals surface area contributed by atoms with Gasteiger partial charge in [0, 0.05) is 38.1 Å². The third-order valence-corrected chi connectivity index (χ3v) is 4.97. The molecule has 0 heterocycles. The summed E-state index contributed by atoms with van der Waals surface area (Å²) in [6.07, 6.45) is -0.550. The fraction of sp³-hybridized carbons (Fsp3) is 0.542. The maximum absolute atomic E-state index is 12.8. The predicted molar refractivity (Wildman–Crippen MR) is 136 cm³/mol. The zero-order valence-corrected chi connectivity index (χ0v) is 22.0. The number of esters is 1. The molecule has 0 bridgehead atoms. The Hall–Kier alpha value is -3.28. The number of hydrogen-bond acceptors (Lipinski definition) is 8. The van der Waals surface area contributed by atoms with Gasteiger partial charge in [0.1, 0.15) is 17.7 Å². The SMILES string of the molecule is COC(=O)[C@H](CS)NC(=O)CCNC(=O)[C@H](Cc1ccccc1)NC(=O)CCNC(=O)OC(C)(C)C. The lowest BCUT2D eigenvalue weighted by atomic mass is 10.0. The molecule has 0 fully saturated rings. The van der Waals surface area contributed by atoms with Crippen molar-refractivity contribution in [2.75, 3.05) is 26.0 Å². The number of benzene rings is 1. The van der Waals surface area contributed by atoms with Crippen molar-refractivity contribution in [1.82, 2.24) is 21.3 Å². The van der Waals surface area contributed by atoms with Crippen LogP contribution < -0.4 is 21.3 Å². The first-order valence-corrected chi connectivity index (χ1v) is 12.1. The summed E-state index contributed by atoms with van der Waals surface area (Å²) in [5.41, 5.74) is 0.173. The van der Waals surface area contributed by atoms with E-state index in [1.165, 1.54) is 7.11 Å². The Bertz CT molecular complexity index is 890. The molecular weight excluding hydrogens is 488 g/mol. The number of hydrogen-bond donors (Lipinski definition) is 5. The van der Waals surface area contributed by atoms with E-state index in [0.29, 0.717) is 0 Å². The number of rotatable bonds is 13. The van der Waals surface area contributed by atoms with Gasteiger partial charge in [0.15, 0.2) is 0 Å². The van der Waals surface area contributed by atoms with E-state index < -0.39 is 47.5 Å². The molecule has 0 spiro atoms. The molecule has 4 amide bonds. The number of methoxy groups -OCH3 is 1. The van der Waals surface area contributed by atoms with Crippen LogP contribution in [0.5, 0.6) is 0 Å². The average molecular weight is 525 g/mol. The fourth-order valence-electron chi connectivity index (χ4n) is 2.93. The normalized spacial score (nSPS) is 12.5. The number of carbonyl (C=O) groups excluding carboxylic acids is 5. The zero-order valence-electron chi connectivity index (χ0n) is 21.1. The largest absolute Gasteiger partial charge is 0.467 e. The van der Waals surface area contributed by atoms with Crippen LogP contribution >= 0.6 is 12.6 Å². The number of thiol groups is 1. The summed E-state index contributed by atoms with van der Waals surface area (Å²) < 4.78 is 9.71. The van der Waals surface area contributed by atoms with Crippen molar-refractivity contribution in [3.05, 3.63) is 35.9 Å². The molecule has 0 radical (unpaired) electrons. The van der Waals surface area contributed by atoms with Gasteiger partial charge >= 0.3 is 12.1 Å². The van der Waals surface area contributed by atoms with Crippen LogP contribution in [0.1, 0.15) is 39.2 Å². The first-order chi connectivity index (χ1) is 16.9. The van der Waals surface area contributed by atoms with E-state index in [1.807, 2.05) is 30.3 Å². The Balaban J connectivity index is 2.63. The molecular formula is C24H36N4O7S. The highest BCUT2D eigenvalue weighted by Gasteiger charge is 2.23. The molecule has 1 aromatic carbocycles. The van der Waals surface area contributed by atoms with Crippen LogP contribution in [-0.4, -0.2) is 73.4 Å². The van der Waals surface area contributed by atoms with Crippen molar-refractivity contribution in [3.63, 3.8) is 0 Å². The molecule has 1 aromatic rings. The lowest BCUT2D eigenvalue weighted by Gasteiger charge is -2.20. The van der Waals surface area contributed by atoms with E-state index in [0.717, 1.165) is 5.56 Å². The van der Waals surface area contributed by atoms with Crippen LogP contribution in [0.15, 0.2) is 30.3 Å². The van der Waals surface area contributed by atoms with Crippen LogP contribution in [0.4, 0.5) is 4.79 Å². The van der Waals surface area contributed by atoms with E-state index in [2.05, 4.69) is 38.6 Å². The topological polar surface area (TPSA) is 152 Å². The fourth-order valence-corrected chi connectivity index (χ4v) is 3.17. The highest BCUT2D eigenvalue weighted by Crippen LogP contribution is 2.07. The molecule has 4 N–H and O–H groups in total. The summed E-state index contributed by atoms with van der Waals surface area (Å²) in [5, 5.41) is 10.3. The second-order valence-corrected chi connectivity index (χ2v) is 9.22. The molecule has 0 aromatic heterocycles. The molecule has 36 heavy (non-hydrogen) atoms. The monoisotopic (exact) mass is 524 g/mol. The van der Waals surface area contributed by atoms with Gasteiger partial charge in [-0.3, -0.25) is 14.4 Å². The minimum atomic E-state index is -0.898. The van der Waals surface area contributed by atoms with Crippen molar-refractivity contribution < 1.29 is 33.4 Å².